The zero-order valence-corrected chi connectivity index (χ0v) is 17.9. The van der Waals surface area contributed by atoms with Crippen molar-refractivity contribution in [1.29, 1.82) is 0 Å². The molecule has 0 saturated heterocycles. The molecule has 148 valence electrons. The summed E-state index contributed by atoms with van der Waals surface area (Å²) >= 11 is 0. The molecule has 0 aliphatic carbocycles. The molecule has 6 heteroatoms. The van der Waals surface area contributed by atoms with Crippen LogP contribution in [-0.4, -0.2) is 33.2 Å². The fourth-order valence-electron chi connectivity index (χ4n) is 2.49. The molecule has 0 bridgehead atoms. The van der Waals surface area contributed by atoms with Gasteiger partial charge in [-0.2, -0.15) is 0 Å². The fraction of sp³-hybridized carbons (Fsp3) is 0.650. The van der Waals surface area contributed by atoms with Gasteiger partial charge in [0.1, 0.15) is 0 Å². The second-order valence-electron chi connectivity index (χ2n) is 8.23. The first-order valence-corrected chi connectivity index (χ1v) is 11.3. The quantitative estimate of drug-likeness (QED) is 0.534. The lowest BCUT2D eigenvalue weighted by Crippen LogP contribution is -2.42. The van der Waals surface area contributed by atoms with Gasteiger partial charge in [-0.15, -0.1) is 0 Å². The highest BCUT2D eigenvalue weighted by Crippen LogP contribution is 2.21. The number of benzene rings is 1. The second-order valence-corrected chi connectivity index (χ2v) is 10.4. The van der Waals surface area contributed by atoms with E-state index < -0.39 is 9.84 Å². The Hall–Kier alpha value is -1.56. The third kappa shape index (κ3) is 10.4. The van der Waals surface area contributed by atoms with Crippen molar-refractivity contribution in [2.75, 3.05) is 12.8 Å². The Morgan fingerprint density at radius 2 is 1.73 bits per heavy atom. The van der Waals surface area contributed by atoms with E-state index in [0.717, 1.165) is 36.5 Å². The predicted molar refractivity (Wildman–Crippen MR) is 111 cm³/mol. The maximum Gasteiger partial charge on any atom is 0.191 e. The van der Waals surface area contributed by atoms with Crippen LogP contribution in [0.5, 0.6) is 0 Å². The van der Waals surface area contributed by atoms with Crippen molar-refractivity contribution in [2.45, 2.75) is 65.8 Å². The maximum absolute atomic E-state index is 11.4. The molecule has 0 radical (unpaired) electrons. The van der Waals surface area contributed by atoms with Gasteiger partial charge >= 0.3 is 0 Å². The van der Waals surface area contributed by atoms with Gasteiger partial charge in [0.2, 0.25) is 0 Å². The van der Waals surface area contributed by atoms with Crippen molar-refractivity contribution in [3.63, 3.8) is 0 Å². The number of nitrogens with one attached hydrogen (secondary N) is 2. The highest BCUT2D eigenvalue weighted by atomic mass is 32.2. The lowest BCUT2D eigenvalue weighted by molar-refractivity contribution is 0.346. The molecule has 0 aromatic heterocycles. The van der Waals surface area contributed by atoms with Crippen LogP contribution in [-0.2, 0) is 22.1 Å². The molecule has 26 heavy (non-hydrogen) atoms. The smallest absolute Gasteiger partial charge is 0.191 e. The van der Waals surface area contributed by atoms with Crippen LogP contribution >= 0.6 is 0 Å². The zero-order chi connectivity index (χ0) is 19.8. The largest absolute Gasteiger partial charge is 0.357 e. The van der Waals surface area contributed by atoms with E-state index in [9.17, 15) is 8.42 Å². The molecule has 0 aliphatic heterocycles. The topological polar surface area (TPSA) is 70.6 Å². The van der Waals surface area contributed by atoms with E-state index in [2.05, 4.69) is 50.2 Å². The van der Waals surface area contributed by atoms with E-state index in [1.165, 1.54) is 6.26 Å². The summed E-state index contributed by atoms with van der Waals surface area (Å²) in [5.74, 6) is 0.889. The monoisotopic (exact) mass is 381 g/mol. The summed E-state index contributed by atoms with van der Waals surface area (Å²) in [7, 11) is -3.00. The molecule has 0 saturated carbocycles. The molecule has 0 fully saturated rings. The molecule has 1 rings (SSSR count). The SMILES string of the molecule is CCNC(=NCc1ccc(CS(C)(=O)=O)cc1)NC(C)CCC(C)(C)C. The number of guanidine groups is 1. The first-order chi connectivity index (χ1) is 12.0. The van der Waals surface area contributed by atoms with Gasteiger partial charge < -0.3 is 10.6 Å². The molecule has 1 unspecified atom stereocenters. The first kappa shape index (κ1) is 22.5. The van der Waals surface area contributed by atoms with Gasteiger partial charge in [-0.25, -0.2) is 13.4 Å². The van der Waals surface area contributed by atoms with E-state index >= 15 is 0 Å². The normalized spacial score (nSPS) is 14.2. The minimum Gasteiger partial charge on any atom is -0.357 e. The summed E-state index contributed by atoms with van der Waals surface area (Å²) in [6.07, 6.45) is 3.50. The van der Waals surface area contributed by atoms with Gasteiger partial charge in [-0.1, -0.05) is 45.0 Å². The molecule has 0 amide bonds. The molecular weight excluding hydrogens is 346 g/mol. The maximum atomic E-state index is 11.4. The van der Waals surface area contributed by atoms with Crippen LogP contribution in [0.1, 0.15) is 58.6 Å². The van der Waals surface area contributed by atoms with Crippen LogP contribution in [0.25, 0.3) is 0 Å². The van der Waals surface area contributed by atoms with Crippen LogP contribution < -0.4 is 10.6 Å². The molecule has 0 aliphatic rings. The van der Waals surface area contributed by atoms with Crippen molar-refractivity contribution in [3.05, 3.63) is 35.4 Å². The van der Waals surface area contributed by atoms with Crippen LogP contribution in [0.2, 0.25) is 0 Å². The Morgan fingerprint density at radius 1 is 1.15 bits per heavy atom. The van der Waals surface area contributed by atoms with E-state index in [1.54, 1.807) is 0 Å². The summed E-state index contributed by atoms with van der Waals surface area (Å²) in [6.45, 7) is 12.4. The average Bonchev–Trinajstić information content (AvgIpc) is 2.50. The number of sulfone groups is 1. The van der Waals surface area contributed by atoms with Crippen LogP contribution in [0, 0.1) is 5.41 Å². The van der Waals surface area contributed by atoms with Crippen LogP contribution in [0.3, 0.4) is 0 Å². The Kier molecular flexibility index (Phi) is 8.60. The summed E-state index contributed by atoms with van der Waals surface area (Å²) < 4.78 is 22.7. The summed E-state index contributed by atoms with van der Waals surface area (Å²) in [5, 5.41) is 6.75. The summed E-state index contributed by atoms with van der Waals surface area (Å²) in [5.41, 5.74) is 2.20. The van der Waals surface area contributed by atoms with Crippen molar-refractivity contribution in [1.82, 2.24) is 10.6 Å². The van der Waals surface area contributed by atoms with Crippen molar-refractivity contribution in [2.24, 2.45) is 10.4 Å². The summed E-state index contributed by atoms with van der Waals surface area (Å²) in [4.78, 5) is 4.65. The highest BCUT2D eigenvalue weighted by Gasteiger charge is 2.13. The van der Waals surface area contributed by atoms with Crippen LogP contribution in [0.15, 0.2) is 29.3 Å². The molecule has 1 atom stereocenters. The van der Waals surface area contributed by atoms with Crippen molar-refractivity contribution < 1.29 is 8.42 Å². The number of nitrogens with zero attached hydrogens (tertiary/aromatic N) is 1. The molecule has 2 N–H and O–H groups in total. The van der Waals surface area contributed by atoms with Gasteiger partial charge in [0.25, 0.3) is 0 Å². The average molecular weight is 382 g/mol. The lowest BCUT2D eigenvalue weighted by atomic mass is 9.89. The van der Waals surface area contributed by atoms with Crippen molar-refractivity contribution in [3.8, 4) is 0 Å². The Labute approximate surface area is 159 Å². The minimum absolute atomic E-state index is 0.0754. The first-order valence-electron chi connectivity index (χ1n) is 9.29. The highest BCUT2D eigenvalue weighted by molar-refractivity contribution is 7.89. The Bertz CT molecular complexity index is 674. The molecule has 0 spiro atoms. The fourth-order valence-corrected chi connectivity index (χ4v) is 3.29. The number of rotatable bonds is 8. The van der Waals surface area contributed by atoms with Gasteiger partial charge in [-0.3, -0.25) is 0 Å². The standard InChI is InChI=1S/C20H35N3O2S/c1-7-21-19(23-16(2)12-13-20(3,4)5)22-14-17-8-10-18(11-9-17)15-26(6,24)25/h8-11,16H,7,12-15H2,1-6H3,(H2,21,22,23). The molecular formula is C20H35N3O2S. The molecule has 1 aromatic carbocycles. The molecule has 0 heterocycles. The number of hydrogen-bond acceptors (Lipinski definition) is 3. The van der Waals surface area contributed by atoms with E-state index in [-0.39, 0.29) is 5.75 Å². The van der Waals surface area contributed by atoms with Gasteiger partial charge in [0, 0.05) is 18.8 Å². The van der Waals surface area contributed by atoms with Gasteiger partial charge in [0.05, 0.1) is 12.3 Å². The molecule has 5 nitrogen and oxygen atoms in total. The zero-order valence-electron chi connectivity index (χ0n) is 17.1. The van der Waals surface area contributed by atoms with Gasteiger partial charge in [0.15, 0.2) is 15.8 Å². The second kappa shape index (κ2) is 9.95. The number of hydrogen-bond donors (Lipinski definition) is 2. The van der Waals surface area contributed by atoms with Gasteiger partial charge in [-0.05, 0) is 43.2 Å². The molecule has 1 aromatic rings. The van der Waals surface area contributed by atoms with Crippen molar-refractivity contribution >= 4 is 15.8 Å². The number of aliphatic imine (C=N–C) groups is 1. The third-order valence-corrected chi connectivity index (χ3v) is 4.78. The minimum atomic E-state index is -3.00. The van der Waals surface area contributed by atoms with E-state index in [4.69, 9.17) is 0 Å². The van der Waals surface area contributed by atoms with E-state index in [1.807, 2.05) is 24.3 Å². The lowest BCUT2D eigenvalue weighted by Gasteiger charge is -2.23. The predicted octanol–water partition coefficient (Wildman–Crippen LogP) is 3.50. The summed E-state index contributed by atoms with van der Waals surface area (Å²) in [6, 6.07) is 7.95. The Balaban J connectivity index is 2.65. The Morgan fingerprint density at radius 3 is 2.23 bits per heavy atom. The van der Waals surface area contributed by atoms with Crippen LogP contribution in [0.4, 0.5) is 0 Å². The third-order valence-electron chi connectivity index (χ3n) is 3.93. The van der Waals surface area contributed by atoms with E-state index in [0.29, 0.717) is 18.0 Å².